The van der Waals surface area contributed by atoms with E-state index in [0.29, 0.717) is 11.1 Å². The molecule has 0 heterocycles. The first-order valence-corrected chi connectivity index (χ1v) is 4.32. The number of aliphatic hydroxyl groups excluding tert-OH is 1. The fourth-order valence-electron chi connectivity index (χ4n) is 1.38. The highest BCUT2D eigenvalue weighted by Crippen LogP contribution is 2.25. The van der Waals surface area contributed by atoms with E-state index in [2.05, 4.69) is 0 Å². The average Bonchev–Trinajstić information content (AvgIpc) is 2.15. The topological polar surface area (TPSA) is 46.2 Å². The van der Waals surface area contributed by atoms with Crippen LogP contribution in [0.1, 0.15) is 22.8 Å². The number of halogens is 2. The monoisotopic (exact) mass is 201 g/mol. The molecule has 0 aliphatic heterocycles. The summed E-state index contributed by atoms with van der Waals surface area (Å²) in [5.41, 5.74) is 5.45. The Morgan fingerprint density at radius 1 is 1.29 bits per heavy atom. The Labute approximate surface area is 81.4 Å². The van der Waals surface area contributed by atoms with Crippen molar-refractivity contribution < 1.29 is 13.9 Å². The highest BCUT2D eigenvalue weighted by atomic mass is 19.1. The fraction of sp³-hybridized carbons (Fsp3) is 0.400. The summed E-state index contributed by atoms with van der Waals surface area (Å²) in [6, 6.07) is 1.40. The van der Waals surface area contributed by atoms with Gasteiger partial charge in [0.05, 0.1) is 11.7 Å². The van der Waals surface area contributed by atoms with Crippen LogP contribution in [0.25, 0.3) is 0 Å². The second kappa shape index (κ2) is 4.02. The van der Waals surface area contributed by atoms with Gasteiger partial charge in [-0.05, 0) is 25.0 Å². The largest absolute Gasteiger partial charge is 0.387 e. The van der Waals surface area contributed by atoms with E-state index in [0.717, 1.165) is 0 Å². The first-order valence-electron chi connectivity index (χ1n) is 4.32. The Morgan fingerprint density at radius 2 is 1.71 bits per heavy atom. The number of hydrogen-bond donors (Lipinski definition) is 2. The molecule has 2 nitrogen and oxygen atoms in total. The normalized spacial score (nSPS) is 13.0. The maximum absolute atomic E-state index is 13.4. The first kappa shape index (κ1) is 11.1. The third kappa shape index (κ3) is 1.76. The van der Waals surface area contributed by atoms with Gasteiger partial charge in [-0.1, -0.05) is 6.07 Å². The third-order valence-corrected chi connectivity index (χ3v) is 2.15. The van der Waals surface area contributed by atoms with E-state index in [1.54, 1.807) is 0 Å². The van der Waals surface area contributed by atoms with Gasteiger partial charge < -0.3 is 10.8 Å². The van der Waals surface area contributed by atoms with Crippen LogP contribution in [0.4, 0.5) is 8.78 Å². The lowest BCUT2D eigenvalue weighted by molar-refractivity contribution is 0.176. The van der Waals surface area contributed by atoms with Crippen LogP contribution in [0.15, 0.2) is 6.07 Å². The zero-order chi connectivity index (χ0) is 10.9. The van der Waals surface area contributed by atoms with E-state index in [4.69, 9.17) is 5.73 Å². The summed E-state index contributed by atoms with van der Waals surface area (Å²) in [5, 5.41) is 9.33. The van der Waals surface area contributed by atoms with Crippen LogP contribution in [-0.4, -0.2) is 11.7 Å². The van der Waals surface area contributed by atoms with Gasteiger partial charge in [-0.25, -0.2) is 8.78 Å². The predicted molar refractivity (Wildman–Crippen MR) is 49.8 cm³/mol. The van der Waals surface area contributed by atoms with Crippen LogP contribution in [0.2, 0.25) is 0 Å². The molecule has 3 N–H and O–H groups in total. The minimum Gasteiger partial charge on any atom is -0.387 e. The standard InChI is InChI=1S/C10H13F2NO/c1-5-3-6(2)10(12)8(9(5)11)7(14)4-13/h3,7,14H,4,13H2,1-2H3. The number of aryl methyl sites for hydroxylation is 2. The molecule has 78 valence electrons. The molecule has 0 aliphatic rings. The van der Waals surface area contributed by atoms with E-state index < -0.39 is 17.7 Å². The van der Waals surface area contributed by atoms with Crippen molar-refractivity contribution in [2.75, 3.05) is 6.54 Å². The van der Waals surface area contributed by atoms with E-state index >= 15 is 0 Å². The maximum atomic E-state index is 13.4. The molecule has 1 unspecified atom stereocenters. The summed E-state index contributed by atoms with van der Waals surface area (Å²) < 4.78 is 26.8. The number of hydrogen-bond acceptors (Lipinski definition) is 2. The Balaban J connectivity index is 3.39. The minimum atomic E-state index is -1.28. The van der Waals surface area contributed by atoms with Crippen molar-refractivity contribution in [1.29, 1.82) is 0 Å². The average molecular weight is 201 g/mol. The highest BCUT2D eigenvalue weighted by molar-refractivity contribution is 5.33. The molecule has 1 rings (SSSR count). The van der Waals surface area contributed by atoms with Crippen LogP contribution in [0.5, 0.6) is 0 Å². The smallest absolute Gasteiger partial charge is 0.134 e. The van der Waals surface area contributed by atoms with E-state index in [-0.39, 0.29) is 12.1 Å². The molecule has 0 aromatic heterocycles. The summed E-state index contributed by atoms with van der Waals surface area (Å²) in [5.74, 6) is -1.43. The molecule has 0 aliphatic carbocycles. The van der Waals surface area contributed by atoms with Crippen LogP contribution >= 0.6 is 0 Å². The van der Waals surface area contributed by atoms with Gasteiger partial charge >= 0.3 is 0 Å². The molecular weight excluding hydrogens is 188 g/mol. The molecule has 0 saturated heterocycles. The van der Waals surface area contributed by atoms with Crippen molar-refractivity contribution in [3.8, 4) is 0 Å². The van der Waals surface area contributed by atoms with Crippen molar-refractivity contribution in [2.24, 2.45) is 5.73 Å². The fourth-order valence-corrected chi connectivity index (χ4v) is 1.38. The number of rotatable bonds is 2. The van der Waals surface area contributed by atoms with Gasteiger partial charge in [0.2, 0.25) is 0 Å². The Bertz CT molecular complexity index is 326. The lowest BCUT2D eigenvalue weighted by Crippen LogP contribution is -2.16. The number of aliphatic hydroxyl groups is 1. The number of benzene rings is 1. The summed E-state index contributed by atoms with van der Waals surface area (Å²) >= 11 is 0. The van der Waals surface area contributed by atoms with Crippen molar-refractivity contribution in [3.05, 3.63) is 34.4 Å². The molecule has 1 aromatic rings. The summed E-state index contributed by atoms with van der Waals surface area (Å²) in [7, 11) is 0. The molecule has 0 radical (unpaired) electrons. The lowest BCUT2D eigenvalue weighted by atomic mass is 10.0. The second-order valence-electron chi connectivity index (χ2n) is 3.30. The molecule has 1 aromatic carbocycles. The molecular formula is C10H13F2NO. The molecule has 0 saturated carbocycles. The zero-order valence-electron chi connectivity index (χ0n) is 8.14. The first-order chi connectivity index (χ1) is 6.49. The number of nitrogens with two attached hydrogens (primary N) is 1. The molecule has 0 fully saturated rings. The van der Waals surface area contributed by atoms with E-state index in [1.165, 1.54) is 19.9 Å². The lowest BCUT2D eigenvalue weighted by Gasteiger charge is -2.13. The second-order valence-corrected chi connectivity index (χ2v) is 3.30. The van der Waals surface area contributed by atoms with Crippen molar-refractivity contribution >= 4 is 0 Å². The van der Waals surface area contributed by atoms with E-state index in [9.17, 15) is 13.9 Å². The summed E-state index contributed by atoms with van der Waals surface area (Å²) in [6.07, 6.45) is -1.28. The summed E-state index contributed by atoms with van der Waals surface area (Å²) in [4.78, 5) is 0. The zero-order valence-corrected chi connectivity index (χ0v) is 8.14. The van der Waals surface area contributed by atoms with Crippen molar-refractivity contribution in [2.45, 2.75) is 20.0 Å². The van der Waals surface area contributed by atoms with Crippen LogP contribution < -0.4 is 5.73 Å². The maximum Gasteiger partial charge on any atom is 0.134 e. The van der Waals surface area contributed by atoms with Gasteiger partial charge in [-0.3, -0.25) is 0 Å². The van der Waals surface area contributed by atoms with Gasteiger partial charge in [0.15, 0.2) is 0 Å². The predicted octanol–water partition coefficient (Wildman–Crippen LogP) is 1.57. The van der Waals surface area contributed by atoms with Crippen molar-refractivity contribution in [1.82, 2.24) is 0 Å². The van der Waals surface area contributed by atoms with Gasteiger partial charge in [-0.2, -0.15) is 0 Å². The Kier molecular flexibility index (Phi) is 3.18. The highest BCUT2D eigenvalue weighted by Gasteiger charge is 2.20. The Morgan fingerprint density at radius 3 is 2.07 bits per heavy atom. The molecule has 1 atom stereocenters. The molecule has 14 heavy (non-hydrogen) atoms. The Hall–Kier alpha value is -1.00. The SMILES string of the molecule is Cc1cc(C)c(F)c(C(O)CN)c1F. The third-order valence-electron chi connectivity index (χ3n) is 2.15. The molecule has 0 bridgehead atoms. The van der Waals surface area contributed by atoms with Crippen LogP contribution in [0.3, 0.4) is 0 Å². The quantitative estimate of drug-likeness (QED) is 0.763. The van der Waals surface area contributed by atoms with Gasteiger partial charge in [0.1, 0.15) is 11.6 Å². The van der Waals surface area contributed by atoms with Crippen molar-refractivity contribution in [3.63, 3.8) is 0 Å². The summed E-state index contributed by atoms with van der Waals surface area (Å²) in [6.45, 7) is 2.85. The minimum absolute atomic E-state index is 0.198. The van der Waals surface area contributed by atoms with Gasteiger partial charge in [-0.15, -0.1) is 0 Å². The molecule has 4 heteroatoms. The van der Waals surface area contributed by atoms with E-state index in [1.807, 2.05) is 0 Å². The molecule has 0 spiro atoms. The van der Waals surface area contributed by atoms with Gasteiger partial charge in [0.25, 0.3) is 0 Å². The van der Waals surface area contributed by atoms with Crippen LogP contribution in [0, 0.1) is 25.5 Å². The van der Waals surface area contributed by atoms with Gasteiger partial charge in [0, 0.05) is 6.54 Å². The van der Waals surface area contributed by atoms with Crippen LogP contribution in [-0.2, 0) is 0 Å². The molecule has 0 amide bonds.